The third-order valence-corrected chi connectivity index (χ3v) is 6.81. The van der Waals surface area contributed by atoms with Gasteiger partial charge in [0.2, 0.25) is 0 Å². The maximum atomic E-state index is 5.81. The molecule has 0 saturated carbocycles. The van der Waals surface area contributed by atoms with E-state index >= 15 is 0 Å². The summed E-state index contributed by atoms with van der Waals surface area (Å²) in [5.74, 6) is 0.929. The van der Waals surface area contributed by atoms with E-state index in [1.807, 2.05) is 29.2 Å². The van der Waals surface area contributed by atoms with Crippen molar-refractivity contribution in [3.05, 3.63) is 77.3 Å². The van der Waals surface area contributed by atoms with Crippen molar-refractivity contribution >= 4 is 23.0 Å². The minimum atomic E-state index is 0.732. The van der Waals surface area contributed by atoms with Crippen molar-refractivity contribution in [2.45, 2.75) is 33.1 Å². The molecule has 0 spiro atoms. The normalized spacial score (nSPS) is 15.3. The molecule has 0 amide bonds. The molecule has 0 unspecified atom stereocenters. The third-order valence-electron chi connectivity index (χ3n) is 6.38. The molecule has 2 aromatic carbocycles. The van der Waals surface area contributed by atoms with Crippen LogP contribution in [-0.2, 0) is 19.8 Å². The molecule has 2 aromatic heterocycles. The van der Waals surface area contributed by atoms with Crippen LogP contribution in [-0.4, -0.2) is 55.3 Å². The number of aromatic nitrogens is 4. The third kappa shape index (κ3) is 4.76. The number of rotatable bonds is 7. The first-order valence-electron chi connectivity index (χ1n) is 11.7. The average molecular weight is 459 g/mol. The maximum Gasteiger partial charge on any atom is 0.199 e. The molecule has 6 nitrogen and oxygen atoms in total. The Morgan fingerprint density at radius 3 is 2.39 bits per heavy atom. The highest BCUT2D eigenvalue weighted by Gasteiger charge is 2.20. The number of fused-ring (bicyclic) bond motifs is 1. The van der Waals surface area contributed by atoms with E-state index in [0.29, 0.717) is 0 Å². The Hall–Kier alpha value is -2.87. The molecule has 1 aliphatic heterocycles. The van der Waals surface area contributed by atoms with Crippen LogP contribution >= 0.6 is 12.2 Å². The van der Waals surface area contributed by atoms with E-state index in [9.17, 15) is 0 Å². The van der Waals surface area contributed by atoms with Gasteiger partial charge in [0.25, 0.3) is 0 Å². The number of piperazine rings is 1. The Morgan fingerprint density at radius 2 is 1.61 bits per heavy atom. The lowest BCUT2D eigenvalue weighted by molar-refractivity contribution is 0.0983. The zero-order valence-electron chi connectivity index (χ0n) is 19.1. The summed E-state index contributed by atoms with van der Waals surface area (Å²) in [4.78, 5) is 9.14. The summed E-state index contributed by atoms with van der Waals surface area (Å²) < 4.78 is 4.93. The molecule has 4 aromatic rings. The Kier molecular flexibility index (Phi) is 6.62. The van der Waals surface area contributed by atoms with E-state index in [4.69, 9.17) is 17.3 Å². The predicted molar refractivity (Wildman–Crippen MR) is 135 cm³/mol. The predicted octanol–water partition coefficient (Wildman–Crippen LogP) is 4.81. The lowest BCUT2D eigenvalue weighted by Gasteiger charge is -2.34. The second-order valence-corrected chi connectivity index (χ2v) is 9.03. The standard InChI is InChI=1S/C26H30N6S/c1-2-14-31-25(22-10-12-27-13-11-22)28-32(26(31)33)20-30-17-15-29(16-18-30)19-23-8-5-7-21-6-3-4-9-24(21)23/h3-13H,2,14-20H2,1H3. The van der Waals surface area contributed by atoms with Crippen LogP contribution in [0.1, 0.15) is 18.9 Å². The molecule has 1 aliphatic rings. The molecule has 0 aliphatic carbocycles. The average Bonchev–Trinajstić information content (AvgIpc) is 3.16. The van der Waals surface area contributed by atoms with Gasteiger partial charge in [0.1, 0.15) is 0 Å². The molecular formula is C26H30N6S. The van der Waals surface area contributed by atoms with Crippen LogP contribution in [0.25, 0.3) is 22.2 Å². The first-order valence-corrected chi connectivity index (χ1v) is 12.1. The van der Waals surface area contributed by atoms with Crippen LogP contribution in [0.3, 0.4) is 0 Å². The summed E-state index contributed by atoms with van der Waals surface area (Å²) >= 11 is 5.81. The molecule has 1 saturated heterocycles. The van der Waals surface area contributed by atoms with Crippen LogP contribution in [0, 0.1) is 4.77 Å². The molecule has 5 rings (SSSR count). The summed E-state index contributed by atoms with van der Waals surface area (Å²) in [5, 5.41) is 7.58. The van der Waals surface area contributed by atoms with Gasteiger partial charge in [0.05, 0.1) is 6.67 Å². The summed E-state index contributed by atoms with van der Waals surface area (Å²) in [5.41, 5.74) is 2.47. The van der Waals surface area contributed by atoms with Gasteiger partial charge in [-0.05, 0) is 47.1 Å². The zero-order valence-corrected chi connectivity index (χ0v) is 19.9. The maximum absolute atomic E-state index is 5.81. The highest BCUT2D eigenvalue weighted by atomic mass is 32.1. The first-order chi connectivity index (χ1) is 16.2. The van der Waals surface area contributed by atoms with Crippen molar-refractivity contribution in [1.82, 2.24) is 29.1 Å². The lowest BCUT2D eigenvalue weighted by atomic mass is 10.0. The molecule has 170 valence electrons. The Labute approximate surface area is 200 Å². The van der Waals surface area contributed by atoms with E-state index in [0.717, 1.165) is 68.5 Å². The van der Waals surface area contributed by atoms with Crippen molar-refractivity contribution in [3.63, 3.8) is 0 Å². The molecule has 0 bridgehead atoms. The van der Waals surface area contributed by atoms with Gasteiger partial charge >= 0.3 is 0 Å². The smallest absolute Gasteiger partial charge is 0.199 e. The number of hydrogen-bond acceptors (Lipinski definition) is 5. The van der Waals surface area contributed by atoms with Crippen LogP contribution < -0.4 is 0 Å². The van der Waals surface area contributed by atoms with Crippen LogP contribution in [0.2, 0.25) is 0 Å². The zero-order chi connectivity index (χ0) is 22.6. The van der Waals surface area contributed by atoms with Crippen LogP contribution in [0.4, 0.5) is 0 Å². The topological polar surface area (TPSA) is 42.1 Å². The number of pyridine rings is 1. The monoisotopic (exact) mass is 458 g/mol. The summed E-state index contributed by atoms with van der Waals surface area (Å²) in [6, 6.07) is 19.3. The minimum absolute atomic E-state index is 0.732. The van der Waals surface area contributed by atoms with Gasteiger partial charge in [-0.25, -0.2) is 4.68 Å². The van der Waals surface area contributed by atoms with Gasteiger partial charge < -0.3 is 0 Å². The van der Waals surface area contributed by atoms with Gasteiger partial charge in [0, 0.05) is 57.2 Å². The van der Waals surface area contributed by atoms with Crippen LogP contribution in [0.15, 0.2) is 67.0 Å². The molecule has 0 N–H and O–H groups in total. The van der Waals surface area contributed by atoms with Crippen LogP contribution in [0.5, 0.6) is 0 Å². The van der Waals surface area contributed by atoms with E-state index in [1.54, 1.807) is 0 Å². The molecule has 1 fully saturated rings. The molecule has 3 heterocycles. The van der Waals surface area contributed by atoms with Gasteiger partial charge in [0.15, 0.2) is 10.6 Å². The number of nitrogens with zero attached hydrogens (tertiary/aromatic N) is 6. The van der Waals surface area contributed by atoms with Crippen molar-refractivity contribution in [2.75, 3.05) is 26.2 Å². The lowest BCUT2D eigenvalue weighted by Crippen LogP contribution is -2.46. The summed E-state index contributed by atoms with van der Waals surface area (Å²) in [6.07, 6.45) is 4.64. The molecule has 0 atom stereocenters. The SMILES string of the molecule is CCCn1c(-c2ccncc2)nn(CN2CCN(Cc3cccc4ccccc34)CC2)c1=S. The van der Waals surface area contributed by atoms with Gasteiger partial charge in [-0.2, -0.15) is 5.10 Å². The van der Waals surface area contributed by atoms with E-state index in [2.05, 4.69) is 68.7 Å². The molecular weight excluding hydrogens is 428 g/mol. The highest BCUT2D eigenvalue weighted by Crippen LogP contribution is 2.21. The molecule has 33 heavy (non-hydrogen) atoms. The number of hydrogen-bond donors (Lipinski definition) is 0. The second-order valence-electron chi connectivity index (χ2n) is 8.67. The second kappa shape index (κ2) is 9.95. The van der Waals surface area contributed by atoms with Crippen molar-refractivity contribution < 1.29 is 0 Å². The van der Waals surface area contributed by atoms with Gasteiger partial charge in [-0.15, -0.1) is 0 Å². The Balaban J connectivity index is 1.26. The molecule has 7 heteroatoms. The Bertz CT molecular complexity index is 1270. The highest BCUT2D eigenvalue weighted by molar-refractivity contribution is 7.71. The van der Waals surface area contributed by atoms with Gasteiger partial charge in [-0.1, -0.05) is 49.4 Å². The van der Waals surface area contributed by atoms with Gasteiger partial charge in [-0.3, -0.25) is 19.4 Å². The van der Waals surface area contributed by atoms with Crippen molar-refractivity contribution in [2.24, 2.45) is 0 Å². The molecule has 0 radical (unpaired) electrons. The quantitative estimate of drug-likeness (QED) is 0.372. The fraction of sp³-hybridized carbons (Fsp3) is 0.346. The van der Waals surface area contributed by atoms with E-state index in [1.165, 1.54) is 16.3 Å². The van der Waals surface area contributed by atoms with E-state index in [-0.39, 0.29) is 0 Å². The fourth-order valence-corrected chi connectivity index (χ4v) is 4.90. The van der Waals surface area contributed by atoms with Crippen molar-refractivity contribution in [1.29, 1.82) is 0 Å². The first kappa shape index (κ1) is 21.9. The summed E-state index contributed by atoms with van der Waals surface area (Å²) in [6.45, 7) is 8.88. The van der Waals surface area contributed by atoms with Crippen molar-refractivity contribution in [3.8, 4) is 11.4 Å². The Morgan fingerprint density at radius 1 is 0.879 bits per heavy atom. The number of benzene rings is 2. The van der Waals surface area contributed by atoms with E-state index < -0.39 is 0 Å². The summed E-state index contributed by atoms with van der Waals surface area (Å²) in [7, 11) is 0. The largest absolute Gasteiger partial charge is 0.300 e. The minimum Gasteiger partial charge on any atom is -0.300 e. The fourth-order valence-electron chi connectivity index (χ4n) is 4.62.